The molecule has 90 valence electrons. The van der Waals surface area contributed by atoms with Crippen molar-refractivity contribution in [1.82, 2.24) is 19.6 Å². The fourth-order valence-corrected chi connectivity index (χ4v) is 2.01. The summed E-state index contributed by atoms with van der Waals surface area (Å²) in [5, 5.41) is 8.39. The summed E-state index contributed by atoms with van der Waals surface area (Å²) < 4.78 is 1.88. The second-order valence-corrected chi connectivity index (χ2v) is 4.36. The molecule has 3 rings (SSSR count). The molecule has 3 aromatic rings. The minimum absolute atomic E-state index is 0.749. The highest BCUT2D eigenvalue weighted by molar-refractivity contribution is 5.66. The van der Waals surface area contributed by atoms with Gasteiger partial charge in [-0.1, -0.05) is 0 Å². The van der Waals surface area contributed by atoms with Crippen molar-refractivity contribution in [1.29, 1.82) is 0 Å². The first-order valence-electron chi connectivity index (χ1n) is 5.69. The van der Waals surface area contributed by atoms with Crippen molar-refractivity contribution in [2.75, 3.05) is 5.73 Å². The van der Waals surface area contributed by atoms with Crippen molar-refractivity contribution < 1.29 is 0 Å². The number of aromatic nitrogens is 4. The predicted molar refractivity (Wildman–Crippen MR) is 70.1 cm³/mol. The zero-order chi connectivity index (χ0) is 12.7. The van der Waals surface area contributed by atoms with Gasteiger partial charge in [-0.25, -0.2) is 4.98 Å². The average Bonchev–Trinajstić information content (AvgIpc) is 2.72. The molecular weight excluding hydrogens is 226 g/mol. The Kier molecular flexibility index (Phi) is 2.26. The molecule has 0 spiro atoms. The van der Waals surface area contributed by atoms with E-state index in [1.165, 1.54) is 0 Å². The zero-order valence-electron chi connectivity index (χ0n) is 10.3. The Labute approximate surface area is 104 Å². The van der Waals surface area contributed by atoms with E-state index in [4.69, 9.17) is 5.73 Å². The highest BCUT2D eigenvalue weighted by atomic mass is 15.3. The molecule has 0 radical (unpaired) electrons. The molecule has 2 N–H and O–H groups in total. The average molecular weight is 239 g/mol. The van der Waals surface area contributed by atoms with Crippen LogP contribution in [-0.2, 0) is 0 Å². The number of nitrogens with two attached hydrogens (primary N) is 1. The predicted octanol–water partition coefficient (Wildman–Crippen LogP) is 1.99. The van der Waals surface area contributed by atoms with E-state index in [1.54, 1.807) is 6.33 Å². The Morgan fingerprint density at radius 3 is 2.72 bits per heavy atom. The smallest absolute Gasteiger partial charge is 0.169 e. The highest BCUT2D eigenvalue weighted by Crippen LogP contribution is 2.23. The van der Waals surface area contributed by atoms with Crippen molar-refractivity contribution in [2.45, 2.75) is 13.8 Å². The van der Waals surface area contributed by atoms with Crippen molar-refractivity contribution in [3.8, 4) is 11.4 Å². The Morgan fingerprint density at radius 2 is 1.94 bits per heavy atom. The second-order valence-electron chi connectivity index (χ2n) is 4.36. The van der Waals surface area contributed by atoms with E-state index in [0.717, 1.165) is 34.0 Å². The summed E-state index contributed by atoms with van der Waals surface area (Å²) >= 11 is 0. The van der Waals surface area contributed by atoms with E-state index in [1.807, 2.05) is 42.5 Å². The number of rotatable bonds is 1. The first-order chi connectivity index (χ1) is 8.65. The largest absolute Gasteiger partial charge is 0.399 e. The molecule has 0 atom stereocenters. The number of aryl methyl sites for hydroxylation is 2. The van der Waals surface area contributed by atoms with Gasteiger partial charge in [0.1, 0.15) is 6.33 Å². The molecule has 0 amide bonds. The summed E-state index contributed by atoms with van der Waals surface area (Å²) in [5.41, 5.74) is 10.3. The van der Waals surface area contributed by atoms with E-state index in [-0.39, 0.29) is 0 Å². The van der Waals surface area contributed by atoms with E-state index in [2.05, 4.69) is 15.2 Å². The first kappa shape index (κ1) is 10.7. The standard InChI is InChI=1S/C13H13N5/c1-8-5-10(14)3-4-11(8)13-17-16-12-6-9(2)15-7-18(12)13/h3-7H,14H2,1-2H3. The molecule has 5 nitrogen and oxygen atoms in total. The third kappa shape index (κ3) is 1.60. The summed E-state index contributed by atoms with van der Waals surface area (Å²) in [4.78, 5) is 4.27. The third-order valence-electron chi connectivity index (χ3n) is 2.93. The molecule has 0 aliphatic rings. The molecule has 0 fully saturated rings. The van der Waals surface area contributed by atoms with Crippen LogP contribution < -0.4 is 5.73 Å². The molecule has 0 aliphatic heterocycles. The highest BCUT2D eigenvalue weighted by Gasteiger charge is 2.10. The first-order valence-corrected chi connectivity index (χ1v) is 5.69. The number of nitrogen functional groups attached to an aromatic ring is 1. The SMILES string of the molecule is Cc1cc2nnc(-c3ccc(N)cc3C)n2cn1. The van der Waals surface area contributed by atoms with Crippen LogP contribution >= 0.6 is 0 Å². The number of hydrogen-bond donors (Lipinski definition) is 1. The van der Waals surface area contributed by atoms with E-state index in [0.29, 0.717) is 0 Å². The van der Waals surface area contributed by atoms with Crippen molar-refractivity contribution in [2.24, 2.45) is 0 Å². The molecule has 0 unspecified atom stereocenters. The van der Waals surface area contributed by atoms with Crippen LogP contribution in [-0.4, -0.2) is 19.6 Å². The molecule has 0 saturated carbocycles. The molecule has 0 aliphatic carbocycles. The maximum absolute atomic E-state index is 5.76. The summed E-state index contributed by atoms with van der Waals surface area (Å²) in [6.07, 6.45) is 1.75. The lowest BCUT2D eigenvalue weighted by Crippen LogP contribution is -1.95. The normalized spacial score (nSPS) is 11.0. The zero-order valence-corrected chi connectivity index (χ0v) is 10.3. The quantitative estimate of drug-likeness (QED) is 0.659. The van der Waals surface area contributed by atoms with Gasteiger partial charge in [-0.15, -0.1) is 10.2 Å². The van der Waals surface area contributed by atoms with Crippen LogP contribution in [0.5, 0.6) is 0 Å². The van der Waals surface area contributed by atoms with Crippen molar-refractivity contribution in [3.05, 3.63) is 41.9 Å². The number of benzene rings is 1. The van der Waals surface area contributed by atoms with Crippen LogP contribution in [0.15, 0.2) is 30.6 Å². The number of fused-ring (bicyclic) bond motifs is 1. The number of hydrogen-bond acceptors (Lipinski definition) is 4. The van der Waals surface area contributed by atoms with Gasteiger partial charge in [0.15, 0.2) is 11.5 Å². The maximum Gasteiger partial charge on any atom is 0.169 e. The third-order valence-corrected chi connectivity index (χ3v) is 2.93. The topological polar surface area (TPSA) is 69.1 Å². The Morgan fingerprint density at radius 1 is 1.11 bits per heavy atom. The van der Waals surface area contributed by atoms with Gasteiger partial charge in [0.2, 0.25) is 0 Å². The minimum atomic E-state index is 0.749. The van der Waals surface area contributed by atoms with Crippen molar-refractivity contribution >= 4 is 11.3 Å². The number of anilines is 1. The fraction of sp³-hybridized carbons (Fsp3) is 0.154. The summed E-state index contributed by atoms with van der Waals surface area (Å²) in [6, 6.07) is 7.66. The van der Waals surface area contributed by atoms with Crippen LogP contribution in [0.3, 0.4) is 0 Å². The van der Waals surface area contributed by atoms with Crippen LogP contribution in [0.4, 0.5) is 5.69 Å². The lowest BCUT2D eigenvalue weighted by Gasteiger charge is -2.05. The van der Waals surface area contributed by atoms with Crippen LogP contribution in [0.1, 0.15) is 11.3 Å². The van der Waals surface area contributed by atoms with E-state index >= 15 is 0 Å². The van der Waals surface area contributed by atoms with Crippen LogP contribution in [0, 0.1) is 13.8 Å². The van der Waals surface area contributed by atoms with Crippen LogP contribution in [0.2, 0.25) is 0 Å². The monoisotopic (exact) mass is 239 g/mol. The van der Waals surface area contributed by atoms with Gasteiger partial charge < -0.3 is 5.73 Å². The molecule has 18 heavy (non-hydrogen) atoms. The van der Waals surface area contributed by atoms with Crippen molar-refractivity contribution in [3.63, 3.8) is 0 Å². The fourth-order valence-electron chi connectivity index (χ4n) is 2.01. The van der Waals surface area contributed by atoms with E-state index < -0.39 is 0 Å². The lowest BCUT2D eigenvalue weighted by atomic mass is 10.1. The van der Waals surface area contributed by atoms with Gasteiger partial charge in [-0.05, 0) is 37.6 Å². The molecule has 1 aromatic carbocycles. The van der Waals surface area contributed by atoms with Gasteiger partial charge in [0, 0.05) is 23.0 Å². The summed E-state index contributed by atoms with van der Waals surface area (Å²) in [7, 11) is 0. The minimum Gasteiger partial charge on any atom is -0.399 e. The van der Waals surface area contributed by atoms with Crippen LogP contribution in [0.25, 0.3) is 17.0 Å². The van der Waals surface area contributed by atoms with Gasteiger partial charge in [0.05, 0.1) is 0 Å². The van der Waals surface area contributed by atoms with Gasteiger partial charge in [0.25, 0.3) is 0 Å². The Balaban J connectivity index is 2.25. The molecule has 5 heteroatoms. The Bertz CT molecular complexity index is 729. The number of nitrogens with zero attached hydrogens (tertiary/aromatic N) is 4. The van der Waals surface area contributed by atoms with Gasteiger partial charge in [-0.2, -0.15) is 0 Å². The Hall–Kier alpha value is -2.43. The van der Waals surface area contributed by atoms with Gasteiger partial charge in [-0.3, -0.25) is 4.40 Å². The molecule has 2 aromatic heterocycles. The summed E-state index contributed by atoms with van der Waals surface area (Å²) in [5.74, 6) is 0.787. The molecule has 0 bridgehead atoms. The lowest BCUT2D eigenvalue weighted by molar-refractivity contribution is 1.04. The van der Waals surface area contributed by atoms with Gasteiger partial charge >= 0.3 is 0 Å². The molecular formula is C13H13N5. The van der Waals surface area contributed by atoms with E-state index in [9.17, 15) is 0 Å². The second kappa shape index (κ2) is 3.80. The maximum atomic E-state index is 5.76. The summed E-state index contributed by atoms with van der Waals surface area (Å²) in [6.45, 7) is 3.94. The molecule has 0 saturated heterocycles. The molecule has 2 heterocycles.